The standard InChI is InChI=1S/C27H44/c1-17-7-8-20-19(15-17)16-22-21-9-10-23-24(3,4)11-6-12-27(23)18(2)26(21,27)14-13-25(20,22)5/h17-23H,6-16H2,1-5H3. The molecule has 0 bridgehead atoms. The van der Waals surface area contributed by atoms with Crippen LogP contribution in [0.25, 0.3) is 0 Å². The fourth-order valence-corrected chi connectivity index (χ4v) is 11.9. The normalized spacial score (nSPS) is 63.2. The number of hydrogen-bond acceptors (Lipinski definition) is 0. The second kappa shape index (κ2) is 5.18. The van der Waals surface area contributed by atoms with E-state index >= 15 is 0 Å². The Morgan fingerprint density at radius 2 is 1.44 bits per heavy atom. The molecule has 0 nitrogen and oxygen atoms in total. The smallest absolute Gasteiger partial charge is 0.0171 e. The molecule has 6 fully saturated rings. The lowest BCUT2D eigenvalue weighted by Gasteiger charge is -2.58. The zero-order valence-electron chi connectivity index (χ0n) is 18.8. The van der Waals surface area contributed by atoms with E-state index in [1.54, 1.807) is 51.4 Å². The van der Waals surface area contributed by atoms with Gasteiger partial charge in [0.25, 0.3) is 0 Å². The van der Waals surface area contributed by atoms with E-state index < -0.39 is 0 Å². The van der Waals surface area contributed by atoms with Crippen molar-refractivity contribution < 1.29 is 0 Å². The molecular weight excluding hydrogens is 324 g/mol. The molecule has 6 aliphatic rings. The lowest BCUT2D eigenvalue weighted by atomic mass is 9.46. The third kappa shape index (κ3) is 1.85. The Kier molecular flexibility index (Phi) is 3.42. The molecule has 10 atom stereocenters. The molecule has 2 spiro atoms. The number of fused-ring (bicyclic) bond motifs is 4. The summed E-state index contributed by atoms with van der Waals surface area (Å²) in [6.07, 6.45) is 17.2. The molecule has 0 amide bonds. The molecule has 0 aromatic rings. The Bertz CT molecular complexity index is 646. The van der Waals surface area contributed by atoms with E-state index in [1.165, 1.54) is 19.3 Å². The van der Waals surface area contributed by atoms with Crippen LogP contribution in [0.5, 0.6) is 0 Å². The first kappa shape index (κ1) is 17.8. The second-order valence-corrected chi connectivity index (χ2v) is 13.5. The van der Waals surface area contributed by atoms with Crippen LogP contribution in [0, 0.1) is 63.1 Å². The van der Waals surface area contributed by atoms with Gasteiger partial charge in [-0.25, -0.2) is 0 Å². The Balaban J connectivity index is 1.38. The molecule has 6 saturated carbocycles. The van der Waals surface area contributed by atoms with E-state index in [-0.39, 0.29) is 0 Å². The van der Waals surface area contributed by atoms with Crippen molar-refractivity contribution >= 4 is 0 Å². The Morgan fingerprint density at radius 3 is 2.26 bits per heavy atom. The maximum Gasteiger partial charge on any atom is -0.0171 e. The second-order valence-electron chi connectivity index (χ2n) is 13.5. The third-order valence-corrected chi connectivity index (χ3v) is 12.8. The summed E-state index contributed by atoms with van der Waals surface area (Å²) in [6, 6.07) is 0. The SMILES string of the molecule is CC1CCC2C(C1)CC1C3CCC4C(C)(C)CCCC45C(C)C35CCC21C. The molecule has 0 aliphatic heterocycles. The van der Waals surface area contributed by atoms with Crippen LogP contribution >= 0.6 is 0 Å². The third-order valence-electron chi connectivity index (χ3n) is 12.8. The minimum absolute atomic E-state index is 0.612. The van der Waals surface area contributed by atoms with Gasteiger partial charge in [-0.3, -0.25) is 0 Å². The van der Waals surface area contributed by atoms with Gasteiger partial charge < -0.3 is 0 Å². The molecule has 0 saturated heterocycles. The number of hydrogen-bond donors (Lipinski definition) is 0. The lowest BCUT2D eigenvalue weighted by molar-refractivity contribution is -0.0941. The summed E-state index contributed by atoms with van der Waals surface area (Å²) >= 11 is 0. The molecule has 10 unspecified atom stereocenters. The monoisotopic (exact) mass is 368 g/mol. The first-order valence-electron chi connectivity index (χ1n) is 12.8. The Labute approximate surface area is 168 Å². The van der Waals surface area contributed by atoms with Crippen molar-refractivity contribution in [3.63, 3.8) is 0 Å². The van der Waals surface area contributed by atoms with Crippen LogP contribution in [0.2, 0.25) is 0 Å². The van der Waals surface area contributed by atoms with E-state index in [0.29, 0.717) is 10.8 Å². The van der Waals surface area contributed by atoms with Gasteiger partial charge in [-0.1, -0.05) is 47.5 Å². The summed E-state index contributed by atoms with van der Waals surface area (Å²) in [5.41, 5.74) is 2.86. The maximum absolute atomic E-state index is 2.78. The lowest BCUT2D eigenvalue weighted by Crippen LogP contribution is -2.51. The van der Waals surface area contributed by atoms with Crippen molar-refractivity contribution in [2.75, 3.05) is 0 Å². The van der Waals surface area contributed by atoms with Crippen LogP contribution in [0.1, 0.15) is 105 Å². The van der Waals surface area contributed by atoms with Gasteiger partial charge in [-0.15, -0.1) is 0 Å². The van der Waals surface area contributed by atoms with Crippen LogP contribution in [0.15, 0.2) is 0 Å². The van der Waals surface area contributed by atoms with Gasteiger partial charge in [-0.05, 0) is 121 Å². The van der Waals surface area contributed by atoms with Crippen LogP contribution in [0.4, 0.5) is 0 Å². The first-order valence-corrected chi connectivity index (χ1v) is 12.8. The van der Waals surface area contributed by atoms with E-state index in [0.717, 1.165) is 52.3 Å². The van der Waals surface area contributed by atoms with E-state index in [4.69, 9.17) is 0 Å². The quantitative estimate of drug-likeness (QED) is 0.410. The summed E-state index contributed by atoms with van der Waals surface area (Å²) in [7, 11) is 0. The van der Waals surface area contributed by atoms with Gasteiger partial charge in [-0.2, -0.15) is 0 Å². The van der Waals surface area contributed by atoms with Crippen molar-refractivity contribution in [2.24, 2.45) is 63.1 Å². The molecular formula is C27H44. The summed E-state index contributed by atoms with van der Waals surface area (Å²) < 4.78 is 0. The zero-order chi connectivity index (χ0) is 18.8. The molecule has 6 rings (SSSR count). The molecule has 0 N–H and O–H groups in total. The van der Waals surface area contributed by atoms with Crippen LogP contribution in [-0.4, -0.2) is 0 Å². The predicted octanol–water partition coefficient (Wildman–Crippen LogP) is 7.72. The van der Waals surface area contributed by atoms with E-state index in [1.807, 2.05) is 0 Å². The Hall–Kier alpha value is 0. The minimum atomic E-state index is 0.612. The summed E-state index contributed by atoms with van der Waals surface area (Å²) in [5.74, 6) is 7.43. The van der Waals surface area contributed by atoms with Crippen LogP contribution < -0.4 is 0 Å². The molecule has 27 heavy (non-hydrogen) atoms. The average Bonchev–Trinajstić information content (AvgIpc) is 2.98. The molecule has 6 aliphatic carbocycles. The Morgan fingerprint density at radius 1 is 0.667 bits per heavy atom. The molecule has 0 radical (unpaired) electrons. The summed E-state index contributed by atoms with van der Waals surface area (Å²) in [6.45, 7) is 13.3. The van der Waals surface area contributed by atoms with Crippen molar-refractivity contribution in [1.82, 2.24) is 0 Å². The van der Waals surface area contributed by atoms with Crippen molar-refractivity contribution in [1.29, 1.82) is 0 Å². The average molecular weight is 369 g/mol. The molecule has 152 valence electrons. The van der Waals surface area contributed by atoms with Crippen molar-refractivity contribution in [3.05, 3.63) is 0 Å². The van der Waals surface area contributed by atoms with Gasteiger partial charge in [0.2, 0.25) is 0 Å². The predicted molar refractivity (Wildman–Crippen MR) is 113 cm³/mol. The van der Waals surface area contributed by atoms with Gasteiger partial charge >= 0.3 is 0 Å². The molecule has 0 aromatic heterocycles. The zero-order valence-corrected chi connectivity index (χ0v) is 18.8. The van der Waals surface area contributed by atoms with Gasteiger partial charge in [0.1, 0.15) is 0 Å². The number of rotatable bonds is 0. The fraction of sp³-hybridized carbons (Fsp3) is 1.00. The first-order chi connectivity index (χ1) is 12.8. The van der Waals surface area contributed by atoms with Gasteiger partial charge in [0.05, 0.1) is 0 Å². The van der Waals surface area contributed by atoms with E-state index in [2.05, 4.69) is 34.6 Å². The molecule has 0 heterocycles. The van der Waals surface area contributed by atoms with Crippen LogP contribution in [0.3, 0.4) is 0 Å². The van der Waals surface area contributed by atoms with Crippen molar-refractivity contribution in [3.8, 4) is 0 Å². The molecule has 0 aromatic carbocycles. The highest BCUT2D eigenvalue weighted by molar-refractivity contribution is 5.31. The fourth-order valence-electron chi connectivity index (χ4n) is 11.9. The topological polar surface area (TPSA) is 0 Å². The van der Waals surface area contributed by atoms with Crippen LogP contribution in [-0.2, 0) is 0 Å². The van der Waals surface area contributed by atoms with E-state index in [9.17, 15) is 0 Å². The highest BCUT2D eigenvalue weighted by Gasteiger charge is 2.83. The summed E-state index contributed by atoms with van der Waals surface area (Å²) in [5, 5.41) is 0. The van der Waals surface area contributed by atoms with Crippen molar-refractivity contribution in [2.45, 2.75) is 105 Å². The highest BCUT2D eigenvalue weighted by atomic mass is 14.9. The largest absolute Gasteiger partial charge is 0.0625 e. The summed E-state index contributed by atoms with van der Waals surface area (Å²) in [4.78, 5) is 0. The highest BCUT2D eigenvalue weighted by Crippen LogP contribution is 2.89. The minimum Gasteiger partial charge on any atom is -0.0625 e. The van der Waals surface area contributed by atoms with Gasteiger partial charge in [0.15, 0.2) is 0 Å². The maximum atomic E-state index is 2.78. The molecule has 0 heteroatoms. The van der Waals surface area contributed by atoms with Gasteiger partial charge in [0, 0.05) is 0 Å².